The summed E-state index contributed by atoms with van der Waals surface area (Å²) in [7, 11) is 0. The van der Waals surface area contributed by atoms with Gasteiger partial charge in [0.15, 0.2) is 0 Å². The van der Waals surface area contributed by atoms with E-state index in [1.165, 1.54) is 28.8 Å². The Kier molecular flexibility index (Phi) is 6.25. The third-order valence-electron chi connectivity index (χ3n) is 4.04. The molecule has 0 atom stereocenters. The number of hydrogen-bond donors (Lipinski definition) is 0. The fraction of sp³-hybridized carbons (Fsp3) is 0.125. The van der Waals surface area contributed by atoms with Crippen LogP contribution in [0, 0.1) is 26.6 Å². The minimum Gasteiger partial charge on any atom is -0.248 e. The Bertz CT molecular complexity index is 950. The van der Waals surface area contributed by atoms with E-state index in [9.17, 15) is 4.39 Å². The second-order valence-electron chi connectivity index (χ2n) is 6.58. The highest BCUT2D eigenvalue weighted by Crippen LogP contribution is 2.22. The lowest BCUT2D eigenvalue weighted by atomic mass is 10.0. The van der Waals surface area contributed by atoms with Crippen LogP contribution in [0.5, 0.6) is 0 Å². The van der Waals surface area contributed by atoms with Crippen LogP contribution in [0.4, 0.5) is 10.1 Å². The zero-order valence-electron chi connectivity index (χ0n) is 15.7. The number of hydrogen-bond acceptors (Lipinski definition) is 2. The van der Waals surface area contributed by atoms with E-state index < -0.39 is 0 Å². The van der Waals surface area contributed by atoms with Crippen LogP contribution in [-0.2, 0) is 0 Å². The van der Waals surface area contributed by atoms with Gasteiger partial charge in [-0.15, -0.1) is 0 Å². The number of benzene rings is 3. The van der Waals surface area contributed by atoms with E-state index in [1.54, 1.807) is 23.9 Å². The highest BCUT2D eigenvalue weighted by Gasteiger charge is 2.03. The van der Waals surface area contributed by atoms with Gasteiger partial charge in [-0.2, -0.15) is 0 Å². The molecular weight excluding hydrogens is 353 g/mol. The Morgan fingerprint density at radius 3 is 2.07 bits per heavy atom. The predicted octanol–water partition coefficient (Wildman–Crippen LogP) is 7.18. The van der Waals surface area contributed by atoms with Crippen molar-refractivity contribution in [2.24, 2.45) is 4.99 Å². The minimum absolute atomic E-state index is 0.222. The molecule has 0 aliphatic rings. The molecule has 27 heavy (non-hydrogen) atoms. The SMILES string of the molecule is Cc1ccc(/N=C(/C=C/Sc2ccc(F)cc2)c2cc(C)cc(C)c2)cc1. The summed E-state index contributed by atoms with van der Waals surface area (Å²) >= 11 is 1.55. The zero-order valence-corrected chi connectivity index (χ0v) is 16.6. The van der Waals surface area contributed by atoms with E-state index >= 15 is 0 Å². The van der Waals surface area contributed by atoms with E-state index in [0.29, 0.717) is 0 Å². The average Bonchev–Trinajstić information content (AvgIpc) is 2.63. The summed E-state index contributed by atoms with van der Waals surface area (Å²) in [4.78, 5) is 5.84. The predicted molar refractivity (Wildman–Crippen MR) is 115 cm³/mol. The van der Waals surface area contributed by atoms with Gasteiger partial charge in [0.1, 0.15) is 5.82 Å². The maximum absolute atomic E-state index is 13.1. The van der Waals surface area contributed by atoms with Gasteiger partial charge in [-0.25, -0.2) is 9.38 Å². The number of aliphatic imine (C=N–C) groups is 1. The quantitative estimate of drug-likeness (QED) is 0.340. The van der Waals surface area contributed by atoms with Crippen molar-refractivity contribution in [2.75, 3.05) is 0 Å². The van der Waals surface area contributed by atoms with E-state index in [-0.39, 0.29) is 5.82 Å². The van der Waals surface area contributed by atoms with Crippen molar-refractivity contribution in [1.29, 1.82) is 0 Å². The lowest BCUT2D eigenvalue weighted by Crippen LogP contribution is -1.98. The molecule has 3 rings (SSSR count). The summed E-state index contributed by atoms with van der Waals surface area (Å²) in [6.45, 7) is 6.26. The van der Waals surface area contributed by atoms with Gasteiger partial charge in [0.25, 0.3) is 0 Å². The molecule has 3 aromatic carbocycles. The largest absolute Gasteiger partial charge is 0.248 e. The summed E-state index contributed by atoms with van der Waals surface area (Å²) in [6, 6.07) is 21.1. The molecule has 0 heterocycles. The zero-order chi connectivity index (χ0) is 19.2. The molecule has 136 valence electrons. The lowest BCUT2D eigenvalue weighted by molar-refractivity contribution is 0.626. The molecule has 0 aliphatic carbocycles. The first-order valence-corrected chi connectivity index (χ1v) is 9.70. The van der Waals surface area contributed by atoms with Gasteiger partial charge in [-0.05, 0) is 80.8 Å². The molecule has 0 amide bonds. The van der Waals surface area contributed by atoms with Crippen LogP contribution in [0.3, 0.4) is 0 Å². The fourth-order valence-electron chi connectivity index (χ4n) is 2.77. The Hall–Kier alpha value is -2.65. The van der Waals surface area contributed by atoms with Crippen LogP contribution in [0.2, 0.25) is 0 Å². The second kappa shape index (κ2) is 8.83. The topological polar surface area (TPSA) is 12.4 Å². The summed E-state index contributed by atoms with van der Waals surface area (Å²) in [6.07, 6.45) is 2.02. The van der Waals surface area contributed by atoms with Gasteiger partial charge in [-0.3, -0.25) is 0 Å². The number of aryl methyl sites for hydroxylation is 3. The van der Waals surface area contributed by atoms with Crippen LogP contribution < -0.4 is 0 Å². The van der Waals surface area contributed by atoms with Crippen LogP contribution in [0.25, 0.3) is 0 Å². The third kappa shape index (κ3) is 5.66. The van der Waals surface area contributed by atoms with Crippen LogP contribution >= 0.6 is 11.8 Å². The van der Waals surface area contributed by atoms with Crippen LogP contribution in [0.15, 0.2) is 88.1 Å². The van der Waals surface area contributed by atoms with Gasteiger partial charge in [0, 0.05) is 10.5 Å². The average molecular weight is 376 g/mol. The molecule has 0 fully saturated rings. The number of thioether (sulfide) groups is 1. The van der Waals surface area contributed by atoms with Crippen molar-refractivity contribution in [3.05, 3.63) is 106 Å². The Morgan fingerprint density at radius 1 is 0.815 bits per heavy atom. The van der Waals surface area contributed by atoms with Crippen LogP contribution in [-0.4, -0.2) is 5.71 Å². The molecule has 0 spiro atoms. The van der Waals surface area contributed by atoms with Gasteiger partial charge in [0.2, 0.25) is 0 Å². The Labute approximate surface area is 164 Å². The van der Waals surface area contributed by atoms with Crippen molar-refractivity contribution in [3.8, 4) is 0 Å². The number of halogens is 1. The molecule has 0 N–H and O–H groups in total. The molecule has 0 bridgehead atoms. The molecule has 0 unspecified atom stereocenters. The first-order chi connectivity index (χ1) is 13.0. The van der Waals surface area contributed by atoms with Crippen molar-refractivity contribution in [3.63, 3.8) is 0 Å². The number of nitrogens with zero attached hydrogens (tertiary/aromatic N) is 1. The van der Waals surface area contributed by atoms with Crippen molar-refractivity contribution >= 4 is 23.2 Å². The molecule has 0 aliphatic heterocycles. The van der Waals surface area contributed by atoms with Gasteiger partial charge in [0.05, 0.1) is 11.4 Å². The smallest absolute Gasteiger partial charge is 0.123 e. The lowest BCUT2D eigenvalue weighted by Gasteiger charge is -2.06. The fourth-order valence-corrected chi connectivity index (χ4v) is 3.42. The van der Waals surface area contributed by atoms with E-state index in [2.05, 4.69) is 51.1 Å². The summed E-state index contributed by atoms with van der Waals surface area (Å²) in [5, 5.41) is 2.00. The standard InChI is InChI=1S/C24H22FNS/c1-17-4-8-22(9-5-17)26-24(20-15-18(2)14-19(3)16-20)12-13-27-23-10-6-21(25)7-11-23/h4-16H,1-3H3/b13-12+,26-24-. The molecule has 1 nitrogen and oxygen atoms in total. The molecule has 3 heteroatoms. The number of rotatable bonds is 5. The molecular formula is C24H22FNS. The first-order valence-electron chi connectivity index (χ1n) is 8.82. The normalized spacial score (nSPS) is 11.9. The van der Waals surface area contributed by atoms with E-state index in [0.717, 1.165) is 21.9 Å². The molecule has 0 aromatic heterocycles. The monoisotopic (exact) mass is 375 g/mol. The van der Waals surface area contributed by atoms with Crippen molar-refractivity contribution < 1.29 is 4.39 Å². The van der Waals surface area contributed by atoms with Gasteiger partial charge >= 0.3 is 0 Å². The molecule has 0 radical (unpaired) electrons. The van der Waals surface area contributed by atoms with Gasteiger partial charge < -0.3 is 0 Å². The highest BCUT2D eigenvalue weighted by atomic mass is 32.2. The first kappa shape index (κ1) is 19.1. The second-order valence-corrected chi connectivity index (χ2v) is 7.56. The molecule has 0 saturated heterocycles. The minimum atomic E-state index is -0.222. The molecule has 3 aromatic rings. The third-order valence-corrected chi connectivity index (χ3v) is 4.86. The molecule has 0 saturated carbocycles. The summed E-state index contributed by atoms with van der Waals surface area (Å²) < 4.78 is 13.1. The Balaban J connectivity index is 1.92. The highest BCUT2D eigenvalue weighted by molar-refractivity contribution is 8.02. The van der Waals surface area contributed by atoms with Crippen molar-refractivity contribution in [2.45, 2.75) is 25.7 Å². The van der Waals surface area contributed by atoms with E-state index in [4.69, 9.17) is 4.99 Å². The van der Waals surface area contributed by atoms with Crippen molar-refractivity contribution in [1.82, 2.24) is 0 Å². The maximum atomic E-state index is 13.1. The van der Waals surface area contributed by atoms with Gasteiger partial charge in [-0.1, -0.05) is 46.7 Å². The summed E-state index contributed by atoms with van der Waals surface area (Å²) in [5.41, 5.74) is 6.54. The number of allylic oxidation sites excluding steroid dienone is 1. The van der Waals surface area contributed by atoms with Crippen LogP contribution in [0.1, 0.15) is 22.3 Å². The Morgan fingerprint density at radius 2 is 1.44 bits per heavy atom. The summed E-state index contributed by atoms with van der Waals surface area (Å²) in [5.74, 6) is -0.222. The maximum Gasteiger partial charge on any atom is 0.123 e. The van der Waals surface area contributed by atoms with E-state index in [1.807, 2.05) is 23.6 Å².